The molecule has 2 atom stereocenters. The van der Waals surface area contributed by atoms with Crippen molar-refractivity contribution in [2.45, 2.75) is 43.2 Å². The lowest BCUT2D eigenvalue weighted by Gasteiger charge is -2.20. The maximum Gasteiger partial charge on any atom is 0.322 e. The molecule has 2 rings (SSSR count). The Morgan fingerprint density at radius 1 is 1.33 bits per heavy atom. The Labute approximate surface area is 124 Å². The fourth-order valence-corrected chi connectivity index (χ4v) is 4.16. The highest BCUT2D eigenvalue weighted by Gasteiger charge is 2.43. The van der Waals surface area contributed by atoms with Crippen LogP contribution in [0, 0.1) is 0 Å². The third kappa shape index (κ3) is 3.25. The highest BCUT2D eigenvalue weighted by molar-refractivity contribution is 7.89. The van der Waals surface area contributed by atoms with Crippen molar-refractivity contribution in [3.05, 3.63) is 29.8 Å². The molecule has 0 amide bonds. The first-order chi connectivity index (χ1) is 9.86. The van der Waals surface area contributed by atoms with E-state index in [1.165, 1.54) is 12.1 Å². The third-order valence-electron chi connectivity index (χ3n) is 3.59. The summed E-state index contributed by atoms with van der Waals surface area (Å²) < 4.78 is 25.9. The summed E-state index contributed by atoms with van der Waals surface area (Å²) in [5.74, 6) is -1.24. The summed E-state index contributed by atoms with van der Waals surface area (Å²) in [5, 5.41) is 18.7. The van der Waals surface area contributed by atoms with Crippen LogP contribution >= 0.6 is 0 Å². The number of hydrogen-bond acceptors (Lipinski definition) is 4. The van der Waals surface area contributed by atoms with E-state index < -0.39 is 28.1 Å². The summed E-state index contributed by atoms with van der Waals surface area (Å²) in [7, 11) is -3.91. The van der Waals surface area contributed by atoms with Crippen molar-refractivity contribution in [3.63, 3.8) is 0 Å². The van der Waals surface area contributed by atoms with E-state index in [1.807, 2.05) is 6.92 Å². The molecule has 2 N–H and O–H groups in total. The van der Waals surface area contributed by atoms with Crippen LogP contribution in [0.3, 0.4) is 0 Å². The highest BCUT2D eigenvalue weighted by Crippen LogP contribution is 2.26. The summed E-state index contributed by atoms with van der Waals surface area (Å²) in [6.45, 7) is 1.85. The van der Waals surface area contributed by atoms with Gasteiger partial charge in [0.1, 0.15) is 6.04 Å². The van der Waals surface area contributed by atoms with Crippen LogP contribution in [0.4, 0.5) is 0 Å². The number of carbonyl (C=O) groups is 1. The topological polar surface area (TPSA) is 94.9 Å². The second-order valence-electron chi connectivity index (χ2n) is 5.21. The summed E-state index contributed by atoms with van der Waals surface area (Å²) in [6.07, 6.45) is 0.800. The minimum atomic E-state index is -3.91. The smallest absolute Gasteiger partial charge is 0.322 e. The van der Waals surface area contributed by atoms with Crippen LogP contribution in [0.15, 0.2) is 29.2 Å². The maximum atomic E-state index is 12.5. The third-order valence-corrected chi connectivity index (χ3v) is 5.48. The minimum Gasteiger partial charge on any atom is -0.480 e. The largest absolute Gasteiger partial charge is 0.480 e. The number of rotatable bonds is 5. The maximum absolute atomic E-state index is 12.5. The average molecular weight is 313 g/mol. The van der Waals surface area contributed by atoms with Crippen molar-refractivity contribution < 1.29 is 23.4 Å². The molecular weight excluding hydrogens is 294 g/mol. The molecule has 1 heterocycles. The van der Waals surface area contributed by atoms with Gasteiger partial charge in [-0.3, -0.25) is 4.79 Å². The first-order valence-electron chi connectivity index (χ1n) is 6.88. The Kier molecular flexibility index (Phi) is 4.65. The Morgan fingerprint density at radius 2 is 1.95 bits per heavy atom. The molecule has 1 aromatic rings. The van der Waals surface area contributed by atoms with Crippen molar-refractivity contribution in [2.75, 3.05) is 6.54 Å². The Hall–Kier alpha value is -1.44. The molecule has 21 heavy (non-hydrogen) atoms. The molecule has 116 valence electrons. The van der Waals surface area contributed by atoms with Gasteiger partial charge in [0.25, 0.3) is 0 Å². The molecule has 0 bridgehead atoms. The first-order valence-corrected chi connectivity index (χ1v) is 8.32. The van der Waals surface area contributed by atoms with Crippen LogP contribution in [0.25, 0.3) is 0 Å². The number of carboxylic acids is 1. The number of aliphatic hydroxyl groups is 1. The summed E-state index contributed by atoms with van der Waals surface area (Å²) in [4.78, 5) is 11.2. The number of sulfonamides is 1. The van der Waals surface area contributed by atoms with Crippen molar-refractivity contribution in [1.29, 1.82) is 0 Å². The fourth-order valence-electron chi connectivity index (χ4n) is 2.53. The van der Waals surface area contributed by atoms with E-state index in [-0.39, 0.29) is 17.9 Å². The van der Waals surface area contributed by atoms with E-state index in [0.717, 1.165) is 22.7 Å². The van der Waals surface area contributed by atoms with E-state index in [0.29, 0.717) is 0 Å². The van der Waals surface area contributed by atoms with Gasteiger partial charge in [0.2, 0.25) is 10.0 Å². The van der Waals surface area contributed by atoms with Crippen LogP contribution in [0.1, 0.15) is 25.3 Å². The van der Waals surface area contributed by atoms with Gasteiger partial charge in [-0.1, -0.05) is 25.5 Å². The number of aliphatic hydroxyl groups excluding tert-OH is 1. The van der Waals surface area contributed by atoms with Crippen molar-refractivity contribution >= 4 is 16.0 Å². The van der Waals surface area contributed by atoms with Gasteiger partial charge in [-0.15, -0.1) is 0 Å². The molecule has 0 aliphatic carbocycles. The predicted molar refractivity (Wildman–Crippen MR) is 76.4 cm³/mol. The molecular formula is C14H19NO5S. The molecule has 0 radical (unpaired) electrons. The summed E-state index contributed by atoms with van der Waals surface area (Å²) in [6, 6.07) is 5.24. The van der Waals surface area contributed by atoms with E-state index in [2.05, 4.69) is 0 Å². The van der Waals surface area contributed by atoms with Gasteiger partial charge in [0.15, 0.2) is 0 Å². The molecule has 0 unspecified atom stereocenters. The fraction of sp³-hybridized carbons (Fsp3) is 0.500. The number of aliphatic carboxylic acids is 1. The summed E-state index contributed by atoms with van der Waals surface area (Å²) in [5.41, 5.74) is 1.03. The van der Waals surface area contributed by atoms with Gasteiger partial charge < -0.3 is 10.2 Å². The van der Waals surface area contributed by atoms with Crippen LogP contribution < -0.4 is 0 Å². The van der Waals surface area contributed by atoms with E-state index in [9.17, 15) is 18.3 Å². The number of nitrogens with zero attached hydrogens (tertiary/aromatic N) is 1. The quantitative estimate of drug-likeness (QED) is 0.840. The molecule has 1 aliphatic heterocycles. The monoisotopic (exact) mass is 313 g/mol. The molecule has 0 spiro atoms. The van der Waals surface area contributed by atoms with Gasteiger partial charge >= 0.3 is 5.97 Å². The van der Waals surface area contributed by atoms with Gasteiger partial charge in [0, 0.05) is 13.0 Å². The van der Waals surface area contributed by atoms with Crippen molar-refractivity contribution in [3.8, 4) is 0 Å². The number of carboxylic acid groups (broad SMARTS) is 1. The number of β-amino-alcohol motifs (C(OH)–C–C–N with tert-alkyl or cyclic N) is 1. The van der Waals surface area contributed by atoms with Crippen LogP contribution in [-0.4, -0.2) is 47.6 Å². The molecule has 6 nitrogen and oxygen atoms in total. The predicted octanol–water partition coefficient (Wildman–Crippen LogP) is 0.848. The Morgan fingerprint density at radius 3 is 2.48 bits per heavy atom. The van der Waals surface area contributed by atoms with Gasteiger partial charge in [-0.2, -0.15) is 4.31 Å². The molecule has 7 heteroatoms. The molecule has 0 saturated carbocycles. The second kappa shape index (κ2) is 6.13. The molecule has 1 fully saturated rings. The standard InChI is InChI=1S/C14H19NO5S/c1-2-3-10-4-6-12(7-5-10)21(19,20)15-9-11(16)8-13(15)14(17)18/h4-7,11,13,16H,2-3,8-9H2,1H3,(H,17,18)/t11-,13-/m1/s1. The lowest BCUT2D eigenvalue weighted by Crippen LogP contribution is -2.40. The van der Waals surface area contributed by atoms with Crippen molar-refractivity contribution in [2.24, 2.45) is 0 Å². The molecule has 1 saturated heterocycles. The zero-order valence-electron chi connectivity index (χ0n) is 11.8. The highest BCUT2D eigenvalue weighted by atomic mass is 32.2. The van der Waals surface area contributed by atoms with Gasteiger partial charge in [0.05, 0.1) is 11.0 Å². The average Bonchev–Trinajstić information content (AvgIpc) is 2.83. The summed E-state index contributed by atoms with van der Waals surface area (Å²) >= 11 is 0. The number of hydrogen-bond donors (Lipinski definition) is 2. The van der Waals surface area contributed by atoms with Crippen molar-refractivity contribution in [1.82, 2.24) is 4.31 Å². The van der Waals surface area contributed by atoms with Crippen LogP contribution in [0.5, 0.6) is 0 Å². The van der Waals surface area contributed by atoms with Crippen LogP contribution in [-0.2, 0) is 21.2 Å². The normalized spacial score (nSPS) is 23.3. The molecule has 1 aromatic carbocycles. The van der Waals surface area contributed by atoms with E-state index in [1.54, 1.807) is 12.1 Å². The minimum absolute atomic E-state index is 0.0581. The first kappa shape index (κ1) is 15.9. The van der Waals surface area contributed by atoms with Crippen LogP contribution in [0.2, 0.25) is 0 Å². The SMILES string of the molecule is CCCc1ccc(S(=O)(=O)N2C[C@H](O)C[C@@H]2C(=O)O)cc1. The second-order valence-corrected chi connectivity index (χ2v) is 7.10. The molecule has 1 aliphatic rings. The van der Waals surface area contributed by atoms with E-state index in [4.69, 9.17) is 5.11 Å². The number of benzene rings is 1. The lowest BCUT2D eigenvalue weighted by atomic mass is 10.1. The van der Waals surface area contributed by atoms with E-state index >= 15 is 0 Å². The van der Waals surface area contributed by atoms with Gasteiger partial charge in [-0.05, 0) is 24.1 Å². The molecule has 0 aromatic heterocycles. The zero-order chi connectivity index (χ0) is 15.6. The Balaban J connectivity index is 2.30. The number of aryl methyl sites for hydroxylation is 1. The lowest BCUT2D eigenvalue weighted by molar-refractivity contribution is -0.140. The zero-order valence-corrected chi connectivity index (χ0v) is 12.6. The van der Waals surface area contributed by atoms with Gasteiger partial charge in [-0.25, -0.2) is 8.42 Å². The Bertz CT molecular complexity index is 611.